The van der Waals surface area contributed by atoms with Crippen LogP contribution in [0.1, 0.15) is 30.5 Å². The SMILES string of the molecule is COc1ccc(C2C(C(=O)OCc3ccccc3)=C(C)N=C3SC=C(CC(=O)NCCN4CCOCC4)N32)c(OC)c1. The molecule has 1 N–H and O–H groups in total. The standard InChI is InChI=1S/C31H36N4O6S/c1-21-28(30(37)41-19-22-7-5-4-6-8-22)29(25-10-9-24(38-2)18-26(25)39-3)35-23(20-42-31(35)33-21)17-27(36)32-11-12-34-13-15-40-16-14-34/h4-10,18,20,29H,11-17,19H2,1-3H3,(H,32,36). The van der Waals surface area contributed by atoms with Gasteiger partial charge in [-0.3, -0.25) is 9.69 Å². The number of carbonyl (C=O) groups is 2. The number of thioether (sulfide) groups is 1. The maximum absolute atomic E-state index is 13.7. The van der Waals surface area contributed by atoms with E-state index in [0.717, 1.165) is 36.5 Å². The molecule has 5 rings (SSSR count). The van der Waals surface area contributed by atoms with Crippen LogP contribution in [0.2, 0.25) is 0 Å². The van der Waals surface area contributed by atoms with Crippen molar-refractivity contribution in [1.82, 2.24) is 15.1 Å². The summed E-state index contributed by atoms with van der Waals surface area (Å²) in [5.41, 5.74) is 3.30. The number of fused-ring (bicyclic) bond motifs is 1. The van der Waals surface area contributed by atoms with Gasteiger partial charge < -0.3 is 29.2 Å². The van der Waals surface area contributed by atoms with Gasteiger partial charge in [0, 0.05) is 43.5 Å². The minimum absolute atomic E-state index is 0.101. The van der Waals surface area contributed by atoms with E-state index in [0.29, 0.717) is 47.7 Å². The van der Waals surface area contributed by atoms with Crippen LogP contribution in [-0.2, 0) is 25.7 Å². The highest BCUT2D eigenvalue weighted by atomic mass is 32.2. The first-order chi connectivity index (χ1) is 20.5. The van der Waals surface area contributed by atoms with Crippen molar-refractivity contribution in [3.63, 3.8) is 0 Å². The average molecular weight is 593 g/mol. The van der Waals surface area contributed by atoms with Crippen molar-refractivity contribution >= 4 is 28.8 Å². The Bertz CT molecular complexity index is 1390. The Hall–Kier alpha value is -3.80. The number of hydrogen-bond acceptors (Lipinski definition) is 10. The van der Waals surface area contributed by atoms with Crippen molar-refractivity contribution in [3.8, 4) is 11.5 Å². The number of aliphatic imine (C=N–C) groups is 1. The van der Waals surface area contributed by atoms with Gasteiger partial charge in [-0.05, 0) is 30.0 Å². The van der Waals surface area contributed by atoms with E-state index in [1.54, 1.807) is 20.3 Å². The monoisotopic (exact) mass is 592 g/mol. The molecule has 1 fully saturated rings. The number of methoxy groups -OCH3 is 2. The molecule has 10 nitrogen and oxygen atoms in total. The topological polar surface area (TPSA) is 102 Å². The molecule has 222 valence electrons. The van der Waals surface area contributed by atoms with Crippen LogP contribution in [0.25, 0.3) is 0 Å². The normalized spacial score (nSPS) is 18.6. The van der Waals surface area contributed by atoms with Crippen LogP contribution in [0.4, 0.5) is 0 Å². The van der Waals surface area contributed by atoms with Gasteiger partial charge in [-0.2, -0.15) is 0 Å². The van der Waals surface area contributed by atoms with Crippen LogP contribution in [0, 0.1) is 0 Å². The van der Waals surface area contributed by atoms with Crippen LogP contribution >= 0.6 is 11.8 Å². The molecule has 0 aliphatic carbocycles. The summed E-state index contributed by atoms with van der Waals surface area (Å²) in [6, 6.07) is 14.4. The highest BCUT2D eigenvalue weighted by Gasteiger charge is 2.42. The Labute approximate surface area is 250 Å². The minimum Gasteiger partial charge on any atom is -0.497 e. The van der Waals surface area contributed by atoms with E-state index >= 15 is 0 Å². The number of morpholine rings is 1. The van der Waals surface area contributed by atoms with Gasteiger partial charge in [0.2, 0.25) is 5.91 Å². The molecule has 11 heteroatoms. The second-order valence-electron chi connectivity index (χ2n) is 10.0. The molecule has 0 spiro atoms. The molecule has 3 heterocycles. The minimum atomic E-state index is -0.621. The quantitative estimate of drug-likeness (QED) is 0.390. The molecular weight excluding hydrogens is 556 g/mol. The number of amides is 1. The third-order valence-electron chi connectivity index (χ3n) is 7.36. The molecule has 0 radical (unpaired) electrons. The first kappa shape index (κ1) is 29.7. The van der Waals surface area contributed by atoms with Crippen molar-refractivity contribution < 1.29 is 28.5 Å². The van der Waals surface area contributed by atoms with E-state index in [-0.39, 0.29) is 18.9 Å². The van der Waals surface area contributed by atoms with Gasteiger partial charge in [0.1, 0.15) is 18.1 Å². The lowest BCUT2D eigenvalue weighted by Crippen LogP contribution is -2.42. The summed E-state index contributed by atoms with van der Waals surface area (Å²) in [6.07, 6.45) is 0.134. The molecular formula is C31H36N4O6S. The Morgan fingerprint density at radius 1 is 1.10 bits per heavy atom. The van der Waals surface area contributed by atoms with E-state index in [4.69, 9.17) is 23.9 Å². The fourth-order valence-corrected chi connectivity index (χ4v) is 6.14. The van der Waals surface area contributed by atoms with E-state index in [1.165, 1.54) is 11.8 Å². The van der Waals surface area contributed by atoms with Gasteiger partial charge in [-0.25, -0.2) is 9.79 Å². The largest absolute Gasteiger partial charge is 0.497 e. The second-order valence-corrected chi connectivity index (χ2v) is 10.9. The third-order valence-corrected chi connectivity index (χ3v) is 8.25. The molecule has 0 saturated carbocycles. The zero-order chi connectivity index (χ0) is 29.5. The Morgan fingerprint density at radius 3 is 2.62 bits per heavy atom. The van der Waals surface area contributed by atoms with Gasteiger partial charge in [0.15, 0.2) is 5.17 Å². The number of ether oxygens (including phenoxy) is 4. The van der Waals surface area contributed by atoms with Gasteiger partial charge in [0.25, 0.3) is 0 Å². The number of carbonyl (C=O) groups excluding carboxylic acids is 2. The van der Waals surface area contributed by atoms with E-state index in [2.05, 4.69) is 10.2 Å². The number of allylic oxidation sites excluding steroid dienone is 1. The highest BCUT2D eigenvalue weighted by molar-refractivity contribution is 8.16. The zero-order valence-corrected chi connectivity index (χ0v) is 24.9. The fraction of sp³-hybridized carbons (Fsp3) is 0.387. The van der Waals surface area contributed by atoms with Crippen molar-refractivity contribution in [2.24, 2.45) is 4.99 Å². The maximum Gasteiger partial charge on any atom is 0.338 e. The number of rotatable bonds is 11. The molecule has 3 aliphatic heterocycles. The number of esters is 1. The summed E-state index contributed by atoms with van der Waals surface area (Å²) in [4.78, 5) is 35.8. The number of nitrogens with one attached hydrogen (secondary N) is 1. The summed E-state index contributed by atoms with van der Waals surface area (Å²) in [5.74, 6) is 0.595. The predicted molar refractivity (Wildman–Crippen MR) is 161 cm³/mol. The Morgan fingerprint density at radius 2 is 1.88 bits per heavy atom. The second kappa shape index (κ2) is 13.9. The molecule has 1 amide bonds. The number of benzene rings is 2. The first-order valence-electron chi connectivity index (χ1n) is 13.9. The van der Waals surface area contributed by atoms with Crippen molar-refractivity contribution in [1.29, 1.82) is 0 Å². The van der Waals surface area contributed by atoms with Crippen LogP contribution in [0.15, 0.2) is 75.9 Å². The number of nitrogens with zero attached hydrogens (tertiary/aromatic N) is 3. The Balaban J connectivity index is 1.40. The summed E-state index contributed by atoms with van der Waals surface area (Å²) in [5, 5.41) is 5.65. The lowest BCUT2D eigenvalue weighted by Gasteiger charge is -2.36. The lowest BCUT2D eigenvalue weighted by atomic mass is 9.93. The molecule has 0 aromatic heterocycles. The third kappa shape index (κ3) is 6.80. The van der Waals surface area contributed by atoms with Gasteiger partial charge >= 0.3 is 5.97 Å². The zero-order valence-electron chi connectivity index (χ0n) is 24.1. The molecule has 1 saturated heterocycles. The highest BCUT2D eigenvalue weighted by Crippen LogP contribution is 2.47. The molecule has 1 unspecified atom stereocenters. The van der Waals surface area contributed by atoms with Crippen molar-refractivity contribution in [2.45, 2.75) is 26.0 Å². The maximum atomic E-state index is 13.7. The molecule has 3 aliphatic rings. The van der Waals surface area contributed by atoms with E-state index in [9.17, 15) is 9.59 Å². The molecule has 0 bridgehead atoms. The fourth-order valence-electron chi connectivity index (χ4n) is 5.18. The molecule has 42 heavy (non-hydrogen) atoms. The van der Waals surface area contributed by atoms with Crippen LogP contribution in [0.3, 0.4) is 0 Å². The van der Waals surface area contributed by atoms with Gasteiger partial charge in [-0.15, -0.1) is 0 Å². The lowest BCUT2D eigenvalue weighted by molar-refractivity contribution is -0.141. The van der Waals surface area contributed by atoms with Crippen LogP contribution < -0.4 is 14.8 Å². The first-order valence-corrected chi connectivity index (χ1v) is 14.8. The van der Waals surface area contributed by atoms with Gasteiger partial charge in [-0.1, -0.05) is 42.1 Å². The van der Waals surface area contributed by atoms with E-state index in [1.807, 2.05) is 59.7 Å². The van der Waals surface area contributed by atoms with Crippen LogP contribution in [0.5, 0.6) is 11.5 Å². The summed E-state index contributed by atoms with van der Waals surface area (Å²) in [7, 11) is 3.17. The predicted octanol–water partition coefficient (Wildman–Crippen LogP) is 3.86. The smallest absolute Gasteiger partial charge is 0.338 e. The molecule has 2 aromatic carbocycles. The Kier molecular flexibility index (Phi) is 9.83. The molecule has 1 atom stereocenters. The average Bonchev–Trinajstić information content (AvgIpc) is 3.41. The summed E-state index contributed by atoms with van der Waals surface area (Å²) < 4.78 is 22.4. The number of hydrogen-bond donors (Lipinski definition) is 1. The van der Waals surface area contributed by atoms with Crippen molar-refractivity contribution in [3.05, 3.63) is 82.0 Å². The molecule has 2 aromatic rings. The van der Waals surface area contributed by atoms with E-state index < -0.39 is 12.0 Å². The summed E-state index contributed by atoms with van der Waals surface area (Å²) in [6.45, 7) is 6.42. The van der Waals surface area contributed by atoms with Gasteiger partial charge in [0.05, 0.1) is 51.2 Å². The van der Waals surface area contributed by atoms with Crippen LogP contribution in [-0.4, -0.2) is 80.5 Å². The van der Waals surface area contributed by atoms with Crippen molar-refractivity contribution in [2.75, 3.05) is 53.6 Å². The number of amidine groups is 1. The summed E-state index contributed by atoms with van der Waals surface area (Å²) >= 11 is 1.43.